The first-order valence-electron chi connectivity index (χ1n) is 6.91. The highest BCUT2D eigenvalue weighted by Gasteiger charge is 2.19. The summed E-state index contributed by atoms with van der Waals surface area (Å²) in [5, 5.41) is 3.52. The fraction of sp³-hybridized carbons (Fsp3) is 0.714. The zero-order valence-corrected chi connectivity index (χ0v) is 10.6. The minimum Gasteiger partial charge on any atom is -0.314 e. The number of aryl methyl sites for hydroxylation is 2. The average molecular weight is 231 g/mol. The summed E-state index contributed by atoms with van der Waals surface area (Å²) >= 11 is 0. The first-order valence-corrected chi connectivity index (χ1v) is 6.91. The summed E-state index contributed by atoms with van der Waals surface area (Å²) in [7, 11) is 0. The average Bonchev–Trinajstić information content (AvgIpc) is 2.82. The maximum atomic E-state index is 4.79. The van der Waals surface area contributed by atoms with Crippen molar-refractivity contribution in [3.8, 4) is 0 Å². The van der Waals surface area contributed by atoms with Crippen molar-refractivity contribution >= 4 is 0 Å². The third-order valence-electron chi connectivity index (χ3n) is 4.03. The first kappa shape index (κ1) is 11.1. The Bertz CT molecular complexity index is 408. The number of nitrogens with zero attached hydrogens (tertiary/aromatic N) is 2. The summed E-state index contributed by atoms with van der Waals surface area (Å²) in [5.41, 5.74) is 3.99. The molecule has 0 amide bonds. The van der Waals surface area contributed by atoms with Crippen LogP contribution >= 0.6 is 0 Å². The van der Waals surface area contributed by atoms with Crippen molar-refractivity contribution in [3.05, 3.63) is 22.8 Å². The Morgan fingerprint density at radius 3 is 2.88 bits per heavy atom. The second kappa shape index (κ2) is 4.73. The molecule has 1 aliphatic carbocycles. The Morgan fingerprint density at radius 2 is 2.06 bits per heavy atom. The van der Waals surface area contributed by atoms with Gasteiger partial charge in [0.25, 0.3) is 0 Å². The number of hydrogen-bond donors (Lipinski definition) is 1. The molecule has 3 heteroatoms. The minimum absolute atomic E-state index is 0.607. The SMILES string of the molecule is Cc1nc(CC2CCCN2)nc2c1CCCC2. The van der Waals surface area contributed by atoms with Gasteiger partial charge in [-0.15, -0.1) is 0 Å². The van der Waals surface area contributed by atoms with Gasteiger partial charge in [0.1, 0.15) is 5.82 Å². The van der Waals surface area contributed by atoms with Crippen molar-refractivity contribution in [3.63, 3.8) is 0 Å². The molecular formula is C14H21N3. The lowest BCUT2D eigenvalue weighted by Gasteiger charge is -2.18. The predicted octanol–water partition coefficient (Wildman–Crippen LogP) is 1.96. The number of aromatic nitrogens is 2. The van der Waals surface area contributed by atoms with E-state index in [1.807, 2.05) is 0 Å². The van der Waals surface area contributed by atoms with E-state index in [4.69, 9.17) is 9.97 Å². The van der Waals surface area contributed by atoms with Crippen LogP contribution in [0.25, 0.3) is 0 Å². The van der Waals surface area contributed by atoms with E-state index in [2.05, 4.69) is 12.2 Å². The van der Waals surface area contributed by atoms with Gasteiger partial charge in [0, 0.05) is 23.9 Å². The van der Waals surface area contributed by atoms with Gasteiger partial charge in [-0.3, -0.25) is 0 Å². The van der Waals surface area contributed by atoms with Gasteiger partial charge in [0.2, 0.25) is 0 Å². The summed E-state index contributed by atoms with van der Waals surface area (Å²) in [6, 6.07) is 0.607. The molecule has 0 radical (unpaired) electrons. The van der Waals surface area contributed by atoms with E-state index in [-0.39, 0.29) is 0 Å². The predicted molar refractivity (Wildman–Crippen MR) is 68.1 cm³/mol. The maximum absolute atomic E-state index is 4.79. The molecule has 1 aliphatic heterocycles. The molecule has 1 aromatic rings. The van der Waals surface area contributed by atoms with Crippen LogP contribution < -0.4 is 5.32 Å². The van der Waals surface area contributed by atoms with Crippen molar-refractivity contribution < 1.29 is 0 Å². The Hall–Kier alpha value is -0.960. The second-order valence-corrected chi connectivity index (χ2v) is 5.35. The Morgan fingerprint density at radius 1 is 1.18 bits per heavy atom. The molecule has 17 heavy (non-hydrogen) atoms. The van der Waals surface area contributed by atoms with Crippen molar-refractivity contribution in [2.24, 2.45) is 0 Å². The van der Waals surface area contributed by atoms with Crippen LogP contribution in [0.15, 0.2) is 0 Å². The van der Waals surface area contributed by atoms with Crippen LogP contribution in [0, 0.1) is 6.92 Å². The molecule has 0 saturated carbocycles. The van der Waals surface area contributed by atoms with Gasteiger partial charge in [0.05, 0.1) is 0 Å². The third kappa shape index (κ3) is 2.34. The fourth-order valence-corrected chi connectivity index (χ4v) is 3.09. The van der Waals surface area contributed by atoms with Crippen LogP contribution in [0.2, 0.25) is 0 Å². The van der Waals surface area contributed by atoms with E-state index in [1.54, 1.807) is 0 Å². The van der Waals surface area contributed by atoms with E-state index in [9.17, 15) is 0 Å². The molecule has 1 unspecified atom stereocenters. The molecule has 1 atom stereocenters. The highest BCUT2D eigenvalue weighted by Crippen LogP contribution is 2.22. The van der Waals surface area contributed by atoms with Crippen LogP contribution in [0.5, 0.6) is 0 Å². The monoisotopic (exact) mass is 231 g/mol. The molecule has 3 nitrogen and oxygen atoms in total. The minimum atomic E-state index is 0.607. The molecule has 2 heterocycles. The molecule has 1 fully saturated rings. The van der Waals surface area contributed by atoms with E-state index >= 15 is 0 Å². The molecule has 2 aliphatic rings. The van der Waals surface area contributed by atoms with Crippen LogP contribution in [0.1, 0.15) is 48.5 Å². The summed E-state index contributed by atoms with van der Waals surface area (Å²) in [6.45, 7) is 3.31. The summed E-state index contributed by atoms with van der Waals surface area (Å²) < 4.78 is 0. The molecule has 1 saturated heterocycles. The molecule has 1 aromatic heterocycles. The lowest BCUT2D eigenvalue weighted by molar-refractivity contribution is 0.573. The Labute approximate surface area is 103 Å². The standard InChI is InChI=1S/C14H21N3/c1-10-12-6-2-3-7-13(12)17-14(16-10)9-11-5-4-8-15-11/h11,15H,2-9H2,1H3. The number of hydrogen-bond acceptors (Lipinski definition) is 3. The quantitative estimate of drug-likeness (QED) is 0.845. The largest absolute Gasteiger partial charge is 0.314 e. The lowest BCUT2D eigenvalue weighted by Crippen LogP contribution is -2.25. The van der Waals surface area contributed by atoms with Gasteiger partial charge < -0.3 is 5.32 Å². The molecule has 1 N–H and O–H groups in total. The van der Waals surface area contributed by atoms with Gasteiger partial charge in [-0.1, -0.05) is 0 Å². The highest BCUT2D eigenvalue weighted by atomic mass is 15.0. The summed E-state index contributed by atoms with van der Waals surface area (Å²) in [4.78, 5) is 9.49. The maximum Gasteiger partial charge on any atom is 0.130 e. The molecule has 0 spiro atoms. The smallest absolute Gasteiger partial charge is 0.130 e. The van der Waals surface area contributed by atoms with Gasteiger partial charge in [-0.2, -0.15) is 0 Å². The van der Waals surface area contributed by atoms with Crippen LogP contribution in [0.3, 0.4) is 0 Å². The summed E-state index contributed by atoms with van der Waals surface area (Å²) in [6.07, 6.45) is 8.53. The van der Waals surface area contributed by atoms with E-state index in [0.717, 1.165) is 25.2 Å². The summed E-state index contributed by atoms with van der Waals surface area (Å²) in [5.74, 6) is 1.06. The number of nitrogens with one attached hydrogen (secondary N) is 1. The van der Waals surface area contributed by atoms with E-state index in [1.165, 1.54) is 49.1 Å². The highest BCUT2D eigenvalue weighted by molar-refractivity contribution is 5.27. The third-order valence-corrected chi connectivity index (χ3v) is 4.03. The second-order valence-electron chi connectivity index (χ2n) is 5.35. The van der Waals surface area contributed by atoms with Gasteiger partial charge in [-0.05, 0) is 57.6 Å². The van der Waals surface area contributed by atoms with Crippen molar-refractivity contribution in [2.75, 3.05) is 6.54 Å². The topological polar surface area (TPSA) is 37.8 Å². The zero-order chi connectivity index (χ0) is 11.7. The molecular weight excluding hydrogens is 210 g/mol. The van der Waals surface area contributed by atoms with E-state index < -0.39 is 0 Å². The van der Waals surface area contributed by atoms with Crippen LogP contribution in [-0.4, -0.2) is 22.6 Å². The van der Waals surface area contributed by atoms with Crippen molar-refractivity contribution in [1.29, 1.82) is 0 Å². The Kier molecular flexibility index (Phi) is 3.10. The molecule has 0 aromatic carbocycles. The van der Waals surface area contributed by atoms with Gasteiger partial charge in [-0.25, -0.2) is 9.97 Å². The zero-order valence-electron chi connectivity index (χ0n) is 10.6. The van der Waals surface area contributed by atoms with Crippen molar-refractivity contribution in [2.45, 2.75) is 57.9 Å². The van der Waals surface area contributed by atoms with Crippen molar-refractivity contribution in [1.82, 2.24) is 15.3 Å². The van der Waals surface area contributed by atoms with E-state index in [0.29, 0.717) is 6.04 Å². The molecule has 92 valence electrons. The van der Waals surface area contributed by atoms with Gasteiger partial charge >= 0.3 is 0 Å². The number of rotatable bonds is 2. The normalized spacial score (nSPS) is 23.7. The fourth-order valence-electron chi connectivity index (χ4n) is 3.09. The van der Waals surface area contributed by atoms with Crippen LogP contribution in [-0.2, 0) is 19.3 Å². The molecule has 3 rings (SSSR count). The molecule has 0 bridgehead atoms. The van der Waals surface area contributed by atoms with Crippen LogP contribution in [0.4, 0.5) is 0 Å². The first-order chi connectivity index (χ1) is 8.33. The number of fused-ring (bicyclic) bond motifs is 1. The van der Waals surface area contributed by atoms with Gasteiger partial charge in [0.15, 0.2) is 0 Å². The lowest BCUT2D eigenvalue weighted by atomic mass is 9.95. The Balaban J connectivity index is 1.82.